The van der Waals surface area contributed by atoms with Gasteiger partial charge in [0.25, 0.3) is 5.91 Å². The van der Waals surface area contributed by atoms with Crippen LogP contribution in [0.15, 0.2) is 18.5 Å². The first kappa shape index (κ1) is 17.9. The first-order valence-corrected chi connectivity index (χ1v) is 10.3. The molecule has 1 saturated heterocycles. The average Bonchev–Trinajstić information content (AvgIpc) is 3.28. The molecule has 1 amide bonds. The van der Waals surface area contributed by atoms with Gasteiger partial charge in [0.2, 0.25) is 0 Å². The normalized spacial score (nSPS) is 22.0. The summed E-state index contributed by atoms with van der Waals surface area (Å²) in [6, 6.07) is 2.46. The smallest absolute Gasteiger partial charge is 0.271 e. The van der Waals surface area contributed by atoms with Gasteiger partial charge in [-0.1, -0.05) is 0 Å². The molecule has 0 atom stereocenters. The molecule has 1 N–H and O–H groups in total. The van der Waals surface area contributed by atoms with E-state index >= 15 is 0 Å². The zero-order valence-electron chi connectivity index (χ0n) is 16.4. The van der Waals surface area contributed by atoms with Crippen molar-refractivity contribution in [3.8, 4) is 0 Å². The van der Waals surface area contributed by atoms with Crippen LogP contribution in [-0.4, -0.2) is 56.1 Å². The highest BCUT2D eigenvalue weighted by Crippen LogP contribution is 2.34. The van der Waals surface area contributed by atoms with Gasteiger partial charge in [-0.15, -0.1) is 0 Å². The number of fused-ring (bicyclic) bond motifs is 1. The molecule has 2 fully saturated rings. The Balaban J connectivity index is 1.19. The summed E-state index contributed by atoms with van der Waals surface area (Å²) in [6.07, 6.45) is 10.1. The van der Waals surface area contributed by atoms with Crippen molar-refractivity contribution in [3.05, 3.63) is 35.4 Å². The van der Waals surface area contributed by atoms with Crippen LogP contribution >= 0.6 is 0 Å². The molecule has 2 aromatic heterocycles. The molecule has 1 spiro atoms. The van der Waals surface area contributed by atoms with E-state index in [4.69, 9.17) is 4.74 Å². The minimum atomic E-state index is -0.161. The molecule has 2 aromatic rings. The molecule has 150 valence electrons. The van der Waals surface area contributed by atoms with Crippen LogP contribution in [-0.2, 0) is 24.4 Å². The predicted molar refractivity (Wildman–Crippen MR) is 103 cm³/mol. The number of hydrogen-bond acceptors (Lipinski definition) is 5. The maximum absolute atomic E-state index is 11.8. The Morgan fingerprint density at radius 2 is 2.18 bits per heavy atom. The van der Waals surface area contributed by atoms with E-state index in [1.165, 1.54) is 24.8 Å². The van der Waals surface area contributed by atoms with Crippen LogP contribution in [0.5, 0.6) is 0 Å². The van der Waals surface area contributed by atoms with Crippen LogP contribution in [0.1, 0.15) is 59.9 Å². The summed E-state index contributed by atoms with van der Waals surface area (Å²) in [5.41, 5.74) is 2.59. The number of aromatic nitrogens is 4. The van der Waals surface area contributed by atoms with Crippen molar-refractivity contribution in [3.63, 3.8) is 0 Å². The van der Waals surface area contributed by atoms with Gasteiger partial charge in [0, 0.05) is 38.4 Å². The quantitative estimate of drug-likeness (QED) is 0.869. The van der Waals surface area contributed by atoms with Gasteiger partial charge in [-0.05, 0) is 38.2 Å². The van der Waals surface area contributed by atoms with E-state index in [0.717, 1.165) is 44.7 Å². The number of carbonyl (C=O) groups is 1. The van der Waals surface area contributed by atoms with Crippen LogP contribution in [0, 0.1) is 0 Å². The van der Waals surface area contributed by atoms with Crippen LogP contribution in [0.4, 0.5) is 0 Å². The number of rotatable bonds is 4. The largest absolute Gasteiger partial charge is 0.367 e. The first-order valence-electron chi connectivity index (χ1n) is 10.3. The second-order valence-electron chi connectivity index (χ2n) is 8.42. The lowest BCUT2D eigenvalue weighted by molar-refractivity contribution is -0.124. The molecular weight excluding hydrogens is 356 g/mol. The molecule has 8 heteroatoms. The lowest BCUT2D eigenvalue weighted by Crippen LogP contribution is -2.50. The van der Waals surface area contributed by atoms with Crippen LogP contribution in [0.2, 0.25) is 0 Å². The summed E-state index contributed by atoms with van der Waals surface area (Å²) in [5.74, 6) is -0.145. The van der Waals surface area contributed by atoms with Crippen molar-refractivity contribution in [1.29, 1.82) is 0 Å². The number of likely N-dealkylation sites (tertiary alicyclic amines) is 1. The van der Waals surface area contributed by atoms with Crippen molar-refractivity contribution in [2.24, 2.45) is 0 Å². The van der Waals surface area contributed by atoms with Gasteiger partial charge in [0.1, 0.15) is 0 Å². The summed E-state index contributed by atoms with van der Waals surface area (Å²) >= 11 is 0. The molecule has 0 aromatic carbocycles. The summed E-state index contributed by atoms with van der Waals surface area (Å²) < 4.78 is 10.4. The minimum Gasteiger partial charge on any atom is -0.367 e. The molecular formula is C20H28N6O2. The molecule has 28 heavy (non-hydrogen) atoms. The number of hydrogen-bond donors (Lipinski definition) is 1. The molecule has 1 saturated carbocycles. The Hall–Kier alpha value is -2.19. The van der Waals surface area contributed by atoms with E-state index in [-0.39, 0.29) is 11.5 Å². The maximum Gasteiger partial charge on any atom is 0.271 e. The summed E-state index contributed by atoms with van der Waals surface area (Å²) in [5, 5.41) is 11.7. The van der Waals surface area contributed by atoms with Gasteiger partial charge in [-0.25, -0.2) is 0 Å². The van der Waals surface area contributed by atoms with E-state index in [1.807, 2.05) is 16.9 Å². The Kier molecular flexibility index (Phi) is 4.47. The highest BCUT2D eigenvalue weighted by Gasteiger charge is 2.40. The summed E-state index contributed by atoms with van der Waals surface area (Å²) in [6.45, 7) is 4.22. The fourth-order valence-corrected chi connectivity index (χ4v) is 4.48. The Labute approximate surface area is 164 Å². The molecule has 0 unspecified atom stereocenters. The van der Waals surface area contributed by atoms with Crippen molar-refractivity contribution >= 4 is 5.91 Å². The average molecular weight is 384 g/mol. The van der Waals surface area contributed by atoms with Gasteiger partial charge >= 0.3 is 0 Å². The van der Waals surface area contributed by atoms with E-state index < -0.39 is 0 Å². The Bertz CT molecular complexity index is 860. The second-order valence-corrected chi connectivity index (χ2v) is 8.42. The predicted octanol–water partition coefficient (Wildman–Crippen LogP) is 1.73. The van der Waals surface area contributed by atoms with Gasteiger partial charge in [-0.2, -0.15) is 10.2 Å². The molecule has 0 radical (unpaired) electrons. The van der Waals surface area contributed by atoms with Gasteiger partial charge in [0.15, 0.2) is 5.69 Å². The Morgan fingerprint density at radius 1 is 1.36 bits per heavy atom. The van der Waals surface area contributed by atoms with Gasteiger partial charge in [0.05, 0.1) is 36.7 Å². The van der Waals surface area contributed by atoms with E-state index in [0.29, 0.717) is 18.3 Å². The number of piperidine rings is 1. The Morgan fingerprint density at radius 3 is 2.89 bits per heavy atom. The SMILES string of the molecule is CNC(=O)c1cc2n(n1)CC1(CCN(Cc3cnn(C4CCC4)c3)CC1)OC2. The fraction of sp³-hybridized carbons (Fsp3) is 0.650. The molecule has 8 nitrogen and oxygen atoms in total. The second kappa shape index (κ2) is 7.00. The lowest BCUT2D eigenvalue weighted by Gasteiger charge is -2.43. The summed E-state index contributed by atoms with van der Waals surface area (Å²) in [4.78, 5) is 14.3. The molecule has 4 heterocycles. The minimum absolute atomic E-state index is 0.145. The van der Waals surface area contributed by atoms with Crippen LogP contribution in [0.25, 0.3) is 0 Å². The molecule has 1 aliphatic carbocycles. The maximum atomic E-state index is 11.8. The number of nitrogens with zero attached hydrogens (tertiary/aromatic N) is 5. The standard InChI is InChI=1S/C20H28N6O2/c1-21-19(27)18-9-17-13-28-20(14-26(17)23-18)5-7-24(8-6-20)11-15-10-22-25(12-15)16-3-2-4-16/h9-10,12,16H,2-8,11,13-14H2,1H3,(H,21,27). The molecule has 3 aliphatic rings. The number of nitrogens with one attached hydrogen (secondary N) is 1. The molecule has 2 aliphatic heterocycles. The van der Waals surface area contributed by atoms with Crippen molar-refractivity contribution in [2.75, 3.05) is 20.1 Å². The highest BCUT2D eigenvalue weighted by atomic mass is 16.5. The topological polar surface area (TPSA) is 77.2 Å². The van der Waals surface area contributed by atoms with Crippen molar-refractivity contribution in [2.45, 2.75) is 63.4 Å². The van der Waals surface area contributed by atoms with Crippen LogP contribution < -0.4 is 5.32 Å². The molecule has 0 bridgehead atoms. The van der Waals surface area contributed by atoms with E-state index in [2.05, 4.69) is 31.3 Å². The fourth-order valence-electron chi connectivity index (χ4n) is 4.48. The van der Waals surface area contributed by atoms with Crippen molar-refractivity contribution in [1.82, 2.24) is 29.8 Å². The summed E-state index contributed by atoms with van der Waals surface area (Å²) in [7, 11) is 1.63. The zero-order chi connectivity index (χ0) is 19.1. The third-order valence-electron chi connectivity index (χ3n) is 6.56. The monoisotopic (exact) mass is 384 g/mol. The third kappa shape index (κ3) is 3.24. The first-order chi connectivity index (χ1) is 13.6. The number of ether oxygens (including phenoxy) is 1. The third-order valence-corrected chi connectivity index (χ3v) is 6.56. The molecule has 5 rings (SSSR count). The zero-order valence-corrected chi connectivity index (χ0v) is 16.4. The van der Waals surface area contributed by atoms with Gasteiger partial charge < -0.3 is 10.1 Å². The lowest BCUT2D eigenvalue weighted by atomic mass is 9.90. The van der Waals surface area contributed by atoms with E-state index in [1.54, 1.807) is 7.05 Å². The van der Waals surface area contributed by atoms with E-state index in [9.17, 15) is 4.79 Å². The highest BCUT2D eigenvalue weighted by molar-refractivity contribution is 5.92. The van der Waals surface area contributed by atoms with Gasteiger partial charge in [-0.3, -0.25) is 19.1 Å². The van der Waals surface area contributed by atoms with Crippen LogP contribution in [0.3, 0.4) is 0 Å². The van der Waals surface area contributed by atoms with Crippen molar-refractivity contribution < 1.29 is 9.53 Å². The number of carbonyl (C=O) groups excluding carboxylic acids is 1. The number of amides is 1.